The van der Waals surface area contributed by atoms with E-state index in [1.165, 1.54) is 18.2 Å². The fourth-order valence-electron chi connectivity index (χ4n) is 0.781. The summed E-state index contributed by atoms with van der Waals surface area (Å²) < 4.78 is 29.2. The van der Waals surface area contributed by atoms with Crippen molar-refractivity contribution in [1.82, 2.24) is 0 Å². The van der Waals surface area contributed by atoms with Crippen molar-refractivity contribution in [3.05, 3.63) is 39.2 Å². The van der Waals surface area contributed by atoms with E-state index in [2.05, 4.69) is 0 Å². The van der Waals surface area contributed by atoms with Crippen molar-refractivity contribution in [3.63, 3.8) is 0 Å². The van der Waals surface area contributed by atoms with Gasteiger partial charge in [0, 0.05) is 0 Å². The Morgan fingerprint density at radius 2 is 1.86 bits per heavy atom. The molecule has 1 aromatic carbocycles. The van der Waals surface area contributed by atoms with Gasteiger partial charge in [-0.3, -0.25) is 4.55 Å². The maximum Gasteiger partial charge on any atom is 0.287 e. The fraction of sp³-hybridized carbons (Fsp3) is 0. The monoisotopic (exact) mass is 252 g/mol. The SMILES string of the molecule is O=S(=O)(O)/C=C/c1ccc(Cl)c(Cl)c1. The Balaban J connectivity index is 3.00. The van der Waals surface area contributed by atoms with Crippen LogP contribution in [0.5, 0.6) is 0 Å². The van der Waals surface area contributed by atoms with Crippen LogP contribution in [0.25, 0.3) is 6.08 Å². The molecule has 0 saturated carbocycles. The quantitative estimate of drug-likeness (QED) is 0.824. The highest BCUT2D eigenvalue weighted by Gasteiger charge is 1.99. The summed E-state index contributed by atoms with van der Waals surface area (Å²) in [5.41, 5.74) is 0.539. The van der Waals surface area contributed by atoms with Gasteiger partial charge in [-0.05, 0) is 23.8 Å². The molecule has 0 aliphatic carbocycles. The highest BCUT2D eigenvalue weighted by atomic mass is 35.5. The highest BCUT2D eigenvalue weighted by Crippen LogP contribution is 2.23. The largest absolute Gasteiger partial charge is 0.287 e. The van der Waals surface area contributed by atoms with Crippen LogP contribution in [0.1, 0.15) is 5.56 Å². The van der Waals surface area contributed by atoms with Gasteiger partial charge >= 0.3 is 0 Å². The zero-order valence-corrected chi connectivity index (χ0v) is 9.14. The average molecular weight is 253 g/mol. The minimum absolute atomic E-state index is 0.323. The first-order valence-corrected chi connectivity index (χ1v) is 5.75. The molecule has 6 heteroatoms. The Labute approximate surface area is 91.7 Å². The van der Waals surface area contributed by atoms with Crippen molar-refractivity contribution < 1.29 is 13.0 Å². The van der Waals surface area contributed by atoms with Crippen molar-refractivity contribution in [3.8, 4) is 0 Å². The normalized spacial score (nSPS) is 12.2. The summed E-state index contributed by atoms with van der Waals surface area (Å²) in [5, 5.41) is 1.38. The zero-order valence-electron chi connectivity index (χ0n) is 6.81. The molecule has 76 valence electrons. The molecule has 14 heavy (non-hydrogen) atoms. The van der Waals surface area contributed by atoms with Crippen LogP contribution in [-0.2, 0) is 10.1 Å². The summed E-state index contributed by atoms with van der Waals surface area (Å²) in [6.07, 6.45) is 1.22. The van der Waals surface area contributed by atoms with Gasteiger partial charge in [0.05, 0.1) is 15.5 Å². The molecule has 0 heterocycles. The Morgan fingerprint density at radius 3 is 2.36 bits per heavy atom. The molecule has 0 bridgehead atoms. The summed E-state index contributed by atoms with van der Waals surface area (Å²) in [5.74, 6) is 0. The lowest BCUT2D eigenvalue weighted by Gasteiger charge is -1.96. The van der Waals surface area contributed by atoms with Gasteiger partial charge in [0.15, 0.2) is 0 Å². The summed E-state index contributed by atoms with van der Waals surface area (Å²) in [6.45, 7) is 0. The minimum Gasteiger partial charge on any atom is -0.282 e. The molecule has 0 saturated heterocycles. The van der Waals surface area contributed by atoms with Crippen LogP contribution in [0.3, 0.4) is 0 Å². The van der Waals surface area contributed by atoms with Gasteiger partial charge in [-0.25, -0.2) is 0 Å². The molecule has 0 fully saturated rings. The molecule has 0 amide bonds. The van der Waals surface area contributed by atoms with E-state index < -0.39 is 10.1 Å². The summed E-state index contributed by atoms with van der Waals surface area (Å²) in [7, 11) is -4.10. The molecule has 3 nitrogen and oxygen atoms in total. The molecular weight excluding hydrogens is 247 g/mol. The van der Waals surface area contributed by atoms with Gasteiger partial charge < -0.3 is 0 Å². The van der Waals surface area contributed by atoms with E-state index >= 15 is 0 Å². The molecule has 0 aliphatic rings. The number of halogens is 2. The molecule has 1 rings (SSSR count). The Hall–Kier alpha value is -0.550. The van der Waals surface area contributed by atoms with Gasteiger partial charge in [0.25, 0.3) is 10.1 Å². The van der Waals surface area contributed by atoms with Crippen molar-refractivity contribution in [2.75, 3.05) is 0 Å². The van der Waals surface area contributed by atoms with Gasteiger partial charge in [-0.1, -0.05) is 29.3 Å². The van der Waals surface area contributed by atoms with E-state index in [0.29, 0.717) is 21.0 Å². The van der Waals surface area contributed by atoms with Crippen LogP contribution in [0.4, 0.5) is 0 Å². The molecule has 1 aromatic rings. The van der Waals surface area contributed by atoms with Crippen LogP contribution in [-0.4, -0.2) is 13.0 Å². The lowest BCUT2D eigenvalue weighted by atomic mass is 10.2. The van der Waals surface area contributed by atoms with Crippen LogP contribution < -0.4 is 0 Å². The molecule has 0 aromatic heterocycles. The smallest absolute Gasteiger partial charge is 0.282 e. The predicted octanol–water partition coefficient (Wildman–Crippen LogP) is 2.85. The maximum atomic E-state index is 10.4. The lowest BCUT2D eigenvalue weighted by Crippen LogP contribution is -1.88. The second kappa shape index (κ2) is 4.31. The summed E-state index contributed by atoms with van der Waals surface area (Å²) in [4.78, 5) is 0. The van der Waals surface area contributed by atoms with Crippen molar-refractivity contribution in [2.24, 2.45) is 0 Å². The zero-order chi connectivity index (χ0) is 10.8. The molecule has 1 N–H and O–H groups in total. The average Bonchev–Trinajstić information content (AvgIpc) is 2.06. The molecule has 0 atom stereocenters. The number of hydrogen-bond acceptors (Lipinski definition) is 2. The first-order chi connectivity index (χ1) is 6.38. The number of benzene rings is 1. The molecule has 0 unspecified atom stereocenters. The standard InChI is InChI=1S/C8H6Cl2O3S/c9-7-2-1-6(5-8(7)10)3-4-14(11,12)13/h1-5H,(H,11,12,13)/b4-3+. The second-order valence-corrected chi connectivity index (χ2v) is 4.61. The molecule has 0 aliphatic heterocycles. The molecule has 0 radical (unpaired) electrons. The summed E-state index contributed by atoms with van der Waals surface area (Å²) >= 11 is 11.3. The van der Waals surface area contributed by atoms with E-state index in [1.807, 2.05) is 0 Å². The number of hydrogen-bond donors (Lipinski definition) is 1. The first-order valence-electron chi connectivity index (χ1n) is 3.49. The van der Waals surface area contributed by atoms with Gasteiger partial charge in [-0.15, -0.1) is 0 Å². The fourth-order valence-corrected chi connectivity index (χ4v) is 1.42. The Kier molecular flexibility index (Phi) is 3.55. The summed E-state index contributed by atoms with van der Waals surface area (Å²) in [6, 6.07) is 4.61. The highest BCUT2D eigenvalue weighted by molar-refractivity contribution is 7.88. The Bertz CT molecular complexity index is 465. The third kappa shape index (κ3) is 3.67. The predicted molar refractivity (Wildman–Crippen MR) is 57.0 cm³/mol. The van der Waals surface area contributed by atoms with Crippen LogP contribution >= 0.6 is 23.2 Å². The maximum absolute atomic E-state index is 10.4. The van der Waals surface area contributed by atoms with Crippen molar-refractivity contribution >= 4 is 39.4 Å². The van der Waals surface area contributed by atoms with E-state index in [4.69, 9.17) is 27.8 Å². The van der Waals surface area contributed by atoms with Crippen LogP contribution in [0, 0.1) is 0 Å². The third-order valence-electron chi connectivity index (χ3n) is 1.38. The van der Waals surface area contributed by atoms with Crippen LogP contribution in [0.2, 0.25) is 10.0 Å². The van der Waals surface area contributed by atoms with Gasteiger partial charge in [0.2, 0.25) is 0 Å². The minimum atomic E-state index is -4.10. The topological polar surface area (TPSA) is 54.4 Å². The molecular formula is C8H6Cl2O3S. The third-order valence-corrected chi connectivity index (χ3v) is 2.60. The van der Waals surface area contributed by atoms with E-state index in [1.54, 1.807) is 6.07 Å². The Morgan fingerprint density at radius 1 is 1.21 bits per heavy atom. The number of rotatable bonds is 2. The van der Waals surface area contributed by atoms with Gasteiger partial charge in [-0.2, -0.15) is 8.42 Å². The second-order valence-electron chi connectivity index (χ2n) is 2.49. The molecule has 0 spiro atoms. The van der Waals surface area contributed by atoms with Gasteiger partial charge in [0.1, 0.15) is 0 Å². The van der Waals surface area contributed by atoms with E-state index in [-0.39, 0.29) is 0 Å². The van der Waals surface area contributed by atoms with E-state index in [0.717, 1.165) is 0 Å². The van der Waals surface area contributed by atoms with Crippen molar-refractivity contribution in [1.29, 1.82) is 0 Å². The lowest BCUT2D eigenvalue weighted by molar-refractivity contribution is 0.494. The van der Waals surface area contributed by atoms with E-state index in [9.17, 15) is 8.42 Å². The van der Waals surface area contributed by atoms with Crippen molar-refractivity contribution in [2.45, 2.75) is 0 Å². The first kappa shape index (κ1) is 11.5. The van der Waals surface area contributed by atoms with Crippen LogP contribution in [0.15, 0.2) is 23.6 Å².